The summed E-state index contributed by atoms with van der Waals surface area (Å²) in [4.78, 5) is 11.8. The third kappa shape index (κ3) is 3.33. The van der Waals surface area contributed by atoms with E-state index < -0.39 is 23.7 Å². The van der Waals surface area contributed by atoms with E-state index in [1.807, 2.05) is 0 Å². The largest absolute Gasteiger partial charge is 0.490 e. The number of ether oxygens (including phenoxy) is 2. The Labute approximate surface area is 227 Å². The van der Waals surface area contributed by atoms with Gasteiger partial charge >= 0.3 is 12.1 Å². The average Bonchev–Trinajstić information content (AvgIpc) is 3.14. The molecule has 6 fully saturated rings. The van der Waals surface area contributed by atoms with Crippen molar-refractivity contribution in [2.75, 3.05) is 6.61 Å². The SMILES string of the molecule is CC1(C)CC[C@@]23CC[C@]4(C)[C@H](CC[C@@H]5[C@@]6(C)CC[C@H](OC(=O)C(F)(F)F)C(C)(C)[C@@H]6CC[C@]54C)[C@@H]2[C@H]1OC3. The summed E-state index contributed by atoms with van der Waals surface area (Å²) in [7, 11) is 0. The third-order valence-corrected chi connectivity index (χ3v) is 14.6. The molecular formula is C32H49F3O3. The van der Waals surface area contributed by atoms with E-state index in [2.05, 4.69) is 48.5 Å². The lowest BCUT2D eigenvalue weighted by Crippen LogP contribution is -2.68. The summed E-state index contributed by atoms with van der Waals surface area (Å²) in [5.41, 5.74) is 0.625. The molecule has 0 aromatic carbocycles. The summed E-state index contributed by atoms with van der Waals surface area (Å²) in [5.74, 6) is 0.0918. The highest BCUT2D eigenvalue weighted by Gasteiger charge is 2.73. The Balaban J connectivity index is 1.31. The van der Waals surface area contributed by atoms with E-state index in [9.17, 15) is 18.0 Å². The van der Waals surface area contributed by atoms with Crippen molar-refractivity contribution >= 4 is 5.97 Å². The summed E-state index contributed by atoms with van der Waals surface area (Å²) in [6, 6.07) is 0. The topological polar surface area (TPSA) is 35.5 Å². The second-order valence-electron chi connectivity index (χ2n) is 16.5. The third-order valence-electron chi connectivity index (χ3n) is 14.6. The highest BCUT2D eigenvalue weighted by molar-refractivity contribution is 5.75. The van der Waals surface area contributed by atoms with E-state index in [1.165, 1.54) is 38.5 Å². The maximum Gasteiger partial charge on any atom is 0.490 e. The number of alkyl halides is 3. The first kappa shape index (κ1) is 27.4. The van der Waals surface area contributed by atoms with Crippen LogP contribution in [0.3, 0.4) is 0 Å². The lowest BCUT2D eigenvalue weighted by Gasteiger charge is -2.73. The number of hydrogen-bond acceptors (Lipinski definition) is 3. The number of hydrogen-bond donors (Lipinski definition) is 0. The Kier molecular flexibility index (Phi) is 5.72. The van der Waals surface area contributed by atoms with E-state index in [-0.39, 0.29) is 27.6 Å². The number of halogens is 3. The van der Waals surface area contributed by atoms with Crippen molar-refractivity contribution in [2.24, 2.45) is 56.2 Å². The molecule has 6 aliphatic rings. The zero-order valence-corrected chi connectivity index (χ0v) is 24.6. The first-order valence-electron chi connectivity index (χ1n) is 15.3. The Morgan fingerprint density at radius 3 is 2.16 bits per heavy atom. The van der Waals surface area contributed by atoms with Gasteiger partial charge in [-0.3, -0.25) is 0 Å². The Morgan fingerprint density at radius 1 is 0.789 bits per heavy atom. The molecule has 216 valence electrons. The molecule has 10 atom stereocenters. The maximum atomic E-state index is 13.1. The molecule has 0 unspecified atom stereocenters. The van der Waals surface area contributed by atoms with Crippen LogP contribution in [0.4, 0.5) is 13.2 Å². The van der Waals surface area contributed by atoms with Gasteiger partial charge in [-0.05, 0) is 115 Å². The van der Waals surface area contributed by atoms with Crippen LogP contribution in [0.5, 0.6) is 0 Å². The fourth-order valence-electron chi connectivity index (χ4n) is 12.4. The fraction of sp³-hybridized carbons (Fsp3) is 0.969. The molecule has 0 aromatic rings. The van der Waals surface area contributed by atoms with Gasteiger partial charge in [0.2, 0.25) is 0 Å². The first-order valence-corrected chi connectivity index (χ1v) is 15.3. The zero-order valence-electron chi connectivity index (χ0n) is 24.6. The van der Waals surface area contributed by atoms with Crippen molar-refractivity contribution in [1.29, 1.82) is 0 Å². The van der Waals surface area contributed by atoms with Gasteiger partial charge in [0.25, 0.3) is 0 Å². The van der Waals surface area contributed by atoms with Crippen LogP contribution >= 0.6 is 0 Å². The molecule has 0 amide bonds. The van der Waals surface area contributed by atoms with Crippen molar-refractivity contribution < 1.29 is 27.4 Å². The van der Waals surface area contributed by atoms with Gasteiger partial charge in [-0.2, -0.15) is 13.2 Å². The molecule has 1 saturated heterocycles. The first-order chi connectivity index (χ1) is 17.4. The van der Waals surface area contributed by atoms with Gasteiger partial charge in [0, 0.05) is 5.41 Å². The molecule has 6 rings (SSSR count). The molecule has 3 nitrogen and oxygen atoms in total. The summed E-state index contributed by atoms with van der Waals surface area (Å²) in [6.07, 6.45) is 5.78. The van der Waals surface area contributed by atoms with Crippen LogP contribution in [0.2, 0.25) is 0 Å². The van der Waals surface area contributed by atoms with Gasteiger partial charge < -0.3 is 9.47 Å². The molecular weight excluding hydrogens is 489 g/mol. The number of esters is 1. The average molecular weight is 539 g/mol. The van der Waals surface area contributed by atoms with Crippen LogP contribution in [0.25, 0.3) is 0 Å². The number of rotatable bonds is 1. The fourth-order valence-corrected chi connectivity index (χ4v) is 12.4. The maximum absolute atomic E-state index is 13.1. The van der Waals surface area contributed by atoms with E-state index in [4.69, 9.17) is 9.47 Å². The van der Waals surface area contributed by atoms with Crippen LogP contribution in [0, 0.1) is 56.2 Å². The van der Waals surface area contributed by atoms with Crippen molar-refractivity contribution in [3.05, 3.63) is 0 Å². The monoisotopic (exact) mass is 538 g/mol. The molecule has 2 bridgehead atoms. The summed E-state index contributed by atoms with van der Waals surface area (Å²) in [5, 5.41) is 0. The molecule has 1 aliphatic heterocycles. The molecule has 5 saturated carbocycles. The Morgan fingerprint density at radius 2 is 1.47 bits per heavy atom. The predicted molar refractivity (Wildman–Crippen MR) is 140 cm³/mol. The van der Waals surface area contributed by atoms with Crippen LogP contribution < -0.4 is 0 Å². The van der Waals surface area contributed by atoms with Gasteiger partial charge in [0.15, 0.2) is 0 Å². The van der Waals surface area contributed by atoms with Crippen LogP contribution in [-0.4, -0.2) is 31.0 Å². The molecule has 0 N–H and O–H groups in total. The van der Waals surface area contributed by atoms with Crippen LogP contribution in [0.15, 0.2) is 0 Å². The second-order valence-corrected chi connectivity index (χ2v) is 16.5. The number of fused-ring (bicyclic) bond motifs is 5. The number of carbonyl (C=O) groups is 1. The molecule has 5 aliphatic carbocycles. The van der Waals surface area contributed by atoms with E-state index in [0.717, 1.165) is 25.9 Å². The standard InChI is InChI=1S/C32H49F3O3/c1-26(2)14-16-31-17-15-29(6)19(23(31)24(26)37-18-31)8-9-21-28(5)12-11-22(38-25(36)32(33,34)35)27(3,4)20(28)10-13-30(21,29)7/h19-24H,8-18H2,1-7H3/t19-,20+,21-,22+,23-,24-,28+,29-,30-,31+/m1/s1. The minimum absolute atomic E-state index is 0.0437. The second kappa shape index (κ2) is 7.94. The highest BCUT2D eigenvalue weighted by Crippen LogP contribution is 2.78. The molecule has 0 aromatic heterocycles. The molecule has 1 heterocycles. The summed E-state index contributed by atoms with van der Waals surface area (Å²) in [6.45, 7) is 17.5. The molecule has 38 heavy (non-hydrogen) atoms. The normalized spacial score (nSPS) is 52.7. The predicted octanol–water partition coefficient (Wildman–Crippen LogP) is 8.35. The molecule has 6 heteroatoms. The Bertz CT molecular complexity index is 1000. The lowest BCUT2D eigenvalue weighted by atomic mass is 9.31. The lowest BCUT2D eigenvalue weighted by molar-refractivity contribution is -0.259. The van der Waals surface area contributed by atoms with Gasteiger partial charge in [0.05, 0.1) is 12.7 Å². The summed E-state index contributed by atoms with van der Waals surface area (Å²) < 4.78 is 51.1. The molecule has 0 spiro atoms. The van der Waals surface area contributed by atoms with Gasteiger partial charge in [-0.15, -0.1) is 0 Å². The highest BCUT2D eigenvalue weighted by atomic mass is 19.4. The van der Waals surface area contributed by atoms with Gasteiger partial charge in [-0.25, -0.2) is 4.79 Å². The van der Waals surface area contributed by atoms with Crippen LogP contribution in [0.1, 0.15) is 113 Å². The van der Waals surface area contributed by atoms with Gasteiger partial charge in [-0.1, -0.05) is 48.5 Å². The molecule has 0 radical (unpaired) electrons. The summed E-state index contributed by atoms with van der Waals surface area (Å²) >= 11 is 0. The van der Waals surface area contributed by atoms with Crippen molar-refractivity contribution in [3.63, 3.8) is 0 Å². The Hall–Kier alpha value is -0.780. The minimum Gasteiger partial charge on any atom is -0.455 e. The van der Waals surface area contributed by atoms with E-state index in [1.54, 1.807) is 0 Å². The van der Waals surface area contributed by atoms with E-state index in [0.29, 0.717) is 35.7 Å². The van der Waals surface area contributed by atoms with E-state index >= 15 is 0 Å². The van der Waals surface area contributed by atoms with Crippen LogP contribution in [-0.2, 0) is 14.3 Å². The van der Waals surface area contributed by atoms with Crippen molar-refractivity contribution in [3.8, 4) is 0 Å². The minimum atomic E-state index is -4.94. The zero-order chi connectivity index (χ0) is 27.7. The smallest absolute Gasteiger partial charge is 0.455 e. The number of carbonyl (C=O) groups excluding carboxylic acids is 1. The van der Waals surface area contributed by atoms with Crippen molar-refractivity contribution in [1.82, 2.24) is 0 Å². The quantitative estimate of drug-likeness (QED) is 0.315. The van der Waals surface area contributed by atoms with Crippen molar-refractivity contribution in [2.45, 2.75) is 131 Å². The van der Waals surface area contributed by atoms with Gasteiger partial charge in [0.1, 0.15) is 6.10 Å².